The van der Waals surface area contributed by atoms with Crippen molar-refractivity contribution in [1.82, 2.24) is 4.98 Å². The number of fused-ring (bicyclic) bond motifs is 3. The molecule has 0 radical (unpaired) electrons. The van der Waals surface area contributed by atoms with Crippen molar-refractivity contribution in [3.8, 4) is 5.75 Å². The SMILES string of the molecule is COc1ccc(C(=O)Nc2c(Cl)cncc2Cl)c2c1oc1ccc(/N=C/OC(F)(F)F)cc12. The van der Waals surface area contributed by atoms with Crippen molar-refractivity contribution in [2.24, 2.45) is 4.99 Å². The van der Waals surface area contributed by atoms with Crippen molar-refractivity contribution in [3.63, 3.8) is 0 Å². The summed E-state index contributed by atoms with van der Waals surface area (Å²) in [6.07, 6.45) is -1.92. The van der Waals surface area contributed by atoms with Crippen LogP contribution >= 0.6 is 23.2 Å². The molecule has 0 spiro atoms. The van der Waals surface area contributed by atoms with Gasteiger partial charge < -0.3 is 19.2 Å². The number of nitrogens with zero attached hydrogens (tertiary/aromatic N) is 2. The van der Waals surface area contributed by atoms with Crippen LogP contribution in [-0.2, 0) is 4.74 Å². The Labute approximate surface area is 193 Å². The van der Waals surface area contributed by atoms with Gasteiger partial charge in [0.2, 0.25) is 0 Å². The van der Waals surface area contributed by atoms with Gasteiger partial charge in [0, 0.05) is 23.2 Å². The normalized spacial score (nSPS) is 11.9. The number of halogens is 5. The van der Waals surface area contributed by atoms with Crippen LogP contribution < -0.4 is 10.1 Å². The number of carbonyl (C=O) groups is 1. The topological polar surface area (TPSA) is 86.0 Å². The van der Waals surface area contributed by atoms with E-state index in [9.17, 15) is 18.0 Å². The number of anilines is 1. The van der Waals surface area contributed by atoms with Crippen LogP contribution in [0.15, 0.2) is 52.1 Å². The zero-order valence-corrected chi connectivity index (χ0v) is 18.0. The highest BCUT2D eigenvalue weighted by molar-refractivity contribution is 6.40. The Morgan fingerprint density at radius 3 is 2.58 bits per heavy atom. The Balaban J connectivity index is 1.83. The van der Waals surface area contributed by atoms with Crippen molar-refractivity contribution in [2.75, 3.05) is 12.4 Å². The Morgan fingerprint density at radius 2 is 1.91 bits per heavy atom. The summed E-state index contributed by atoms with van der Waals surface area (Å²) in [6, 6.07) is 7.46. The third-order valence-corrected chi connectivity index (χ3v) is 5.08. The minimum atomic E-state index is -4.86. The quantitative estimate of drug-likeness (QED) is 0.243. The standard InChI is InChI=1S/C21H12Cl2F3N3O4/c1-31-16-5-3-11(20(30)29-18-13(22)7-27-8-14(18)23)17-12-6-10(28-9-32-21(24,25)26)2-4-15(12)33-19(16)17/h2-9H,1H3,(H,27,29,30)/b28-9+. The van der Waals surface area contributed by atoms with E-state index in [0.29, 0.717) is 22.1 Å². The summed E-state index contributed by atoms with van der Waals surface area (Å²) in [5, 5.41) is 3.70. The average molecular weight is 498 g/mol. The number of benzene rings is 2. The molecule has 12 heteroatoms. The van der Waals surface area contributed by atoms with Crippen molar-refractivity contribution in [2.45, 2.75) is 6.36 Å². The maximum Gasteiger partial charge on any atom is 0.573 e. The molecule has 0 bridgehead atoms. The van der Waals surface area contributed by atoms with E-state index in [2.05, 4.69) is 20.0 Å². The van der Waals surface area contributed by atoms with E-state index in [1.807, 2.05) is 0 Å². The summed E-state index contributed by atoms with van der Waals surface area (Å²) < 4.78 is 51.4. The summed E-state index contributed by atoms with van der Waals surface area (Å²) in [7, 11) is 1.43. The van der Waals surface area contributed by atoms with Crippen LogP contribution in [-0.4, -0.2) is 30.8 Å². The number of carbonyl (C=O) groups excluding carboxylic acids is 1. The molecule has 4 aromatic rings. The van der Waals surface area contributed by atoms with Crippen LogP contribution in [0.1, 0.15) is 10.4 Å². The fourth-order valence-corrected chi connectivity index (χ4v) is 3.59. The van der Waals surface area contributed by atoms with Gasteiger partial charge in [-0.15, -0.1) is 13.2 Å². The van der Waals surface area contributed by atoms with E-state index in [4.69, 9.17) is 32.4 Å². The lowest BCUT2D eigenvalue weighted by molar-refractivity contribution is -0.280. The predicted octanol–water partition coefficient (Wildman–Crippen LogP) is 6.74. The van der Waals surface area contributed by atoms with E-state index >= 15 is 0 Å². The molecule has 2 heterocycles. The smallest absolute Gasteiger partial charge is 0.493 e. The summed E-state index contributed by atoms with van der Waals surface area (Å²) in [6.45, 7) is 0. The highest BCUT2D eigenvalue weighted by Crippen LogP contribution is 2.39. The minimum absolute atomic E-state index is 0.138. The van der Waals surface area contributed by atoms with Gasteiger partial charge in [-0.3, -0.25) is 9.78 Å². The molecule has 170 valence electrons. The van der Waals surface area contributed by atoms with Crippen LogP contribution in [0.3, 0.4) is 0 Å². The highest BCUT2D eigenvalue weighted by atomic mass is 35.5. The molecule has 0 saturated carbocycles. The molecule has 2 aromatic carbocycles. The lowest BCUT2D eigenvalue weighted by Crippen LogP contribution is -2.13. The molecule has 1 amide bonds. The predicted molar refractivity (Wildman–Crippen MR) is 118 cm³/mol. The molecular weight excluding hydrogens is 486 g/mol. The first kappa shape index (κ1) is 22.7. The van der Waals surface area contributed by atoms with Gasteiger partial charge in [-0.05, 0) is 30.3 Å². The number of alkyl halides is 3. The Bertz CT molecular complexity index is 1380. The fraction of sp³-hybridized carbons (Fsp3) is 0.0952. The third-order valence-electron chi connectivity index (χ3n) is 4.51. The third kappa shape index (κ3) is 4.67. The Hall–Kier alpha value is -3.50. The van der Waals surface area contributed by atoms with Gasteiger partial charge in [0.15, 0.2) is 17.7 Å². The van der Waals surface area contributed by atoms with E-state index in [-0.39, 0.29) is 39.0 Å². The molecule has 0 aliphatic carbocycles. The van der Waals surface area contributed by atoms with Crippen LogP contribution in [0.25, 0.3) is 21.9 Å². The zero-order valence-electron chi connectivity index (χ0n) is 16.5. The molecule has 0 unspecified atom stereocenters. The summed E-state index contributed by atoms with van der Waals surface area (Å²) in [4.78, 5) is 20.6. The van der Waals surface area contributed by atoms with Gasteiger partial charge >= 0.3 is 6.36 Å². The number of furan rings is 1. The second kappa shape index (κ2) is 8.80. The van der Waals surface area contributed by atoms with Crippen LogP contribution in [0.5, 0.6) is 5.75 Å². The lowest BCUT2D eigenvalue weighted by Gasteiger charge is -2.10. The van der Waals surface area contributed by atoms with Crippen molar-refractivity contribution < 1.29 is 31.9 Å². The number of hydrogen-bond acceptors (Lipinski definition) is 6. The maximum absolute atomic E-state index is 13.1. The van der Waals surface area contributed by atoms with Crippen molar-refractivity contribution >= 4 is 68.8 Å². The van der Waals surface area contributed by atoms with Crippen LogP contribution in [0, 0.1) is 0 Å². The number of rotatable bonds is 5. The van der Waals surface area contributed by atoms with Gasteiger partial charge in [0.05, 0.1) is 34.1 Å². The molecule has 1 N–H and O–H groups in total. The first-order chi connectivity index (χ1) is 15.7. The molecule has 0 aliphatic heterocycles. The first-order valence-electron chi connectivity index (χ1n) is 9.08. The number of aromatic nitrogens is 1. The van der Waals surface area contributed by atoms with Crippen LogP contribution in [0.4, 0.5) is 24.5 Å². The first-order valence-corrected chi connectivity index (χ1v) is 9.84. The number of amides is 1. The monoisotopic (exact) mass is 497 g/mol. The molecule has 0 saturated heterocycles. The zero-order chi connectivity index (χ0) is 23.8. The molecule has 7 nitrogen and oxygen atoms in total. The molecule has 4 rings (SSSR count). The molecular formula is C21H12Cl2F3N3O4. The molecule has 2 aromatic heterocycles. The summed E-state index contributed by atoms with van der Waals surface area (Å²) in [5.74, 6) is -0.210. The number of pyridine rings is 1. The molecule has 33 heavy (non-hydrogen) atoms. The van der Waals surface area contributed by atoms with E-state index in [0.717, 1.165) is 0 Å². The highest BCUT2D eigenvalue weighted by Gasteiger charge is 2.29. The summed E-state index contributed by atoms with van der Waals surface area (Å²) >= 11 is 12.2. The fourth-order valence-electron chi connectivity index (χ4n) is 3.13. The molecule has 0 fully saturated rings. The Morgan fingerprint density at radius 1 is 1.18 bits per heavy atom. The second-order valence-electron chi connectivity index (χ2n) is 6.53. The molecule has 0 aliphatic rings. The van der Waals surface area contributed by atoms with Gasteiger partial charge in [0.1, 0.15) is 5.58 Å². The average Bonchev–Trinajstić information content (AvgIpc) is 3.14. The number of hydrogen-bond donors (Lipinski definition) is 1. The number of methoxy groups -OCH3 is 1. The maximum atomic E-state index is 13.1. The van der Waals surface area contributed by atoms with Gasteiger partial charge in [-0.1, -0.05) is 23.2 Å². The minimum Gasteiger partial charge on any atom is -0.493 e. The summed E-state index contributed by atoms with van der Waals surface area (Å²) in [5.41, 5.74) is 1.12. The van der Waals surface area contributed by atoms with Crippen LogP contribution in [0.2, 0.25) is 10.0 Å². The van der Waals surface area contributed by atoms with Gasteiger partial charge in [0.25, 0.3) is 5.91 Å². The molecule has 0 atom stereocenters. The van der Waals surface area contributed by atoms with Gasteiger partial charge in [-0.2, -0.15) is 0 Å². The number of ether oxygens (including phenoxy) is 2. The van der Waals surface area contributed by atoms with E-state index < -0.39 is 12.3 Å². The number of nitrogens with one attached hydrogen (secondary N) is 1. The Kier molecular flexibility index (Phi) is 6.05. The lowest BCUT2D eigenvalue weighted by atomic mass is 10.0. The second-order valence-corrected chi connectivity index (χ2v) is 7.35. The number of aliphatic imine (C=N–C) groups is 1. The van der Waals surface area contributed by atoms with E-state index in [1.54, 1.807) is 6.07 Å². The largest absolute Gasteiger partial charge is 0.573 e. The van der Waals surface area contributed by atoms with Crippen molar-refractivity contribution in [3.05, 3.63) is 58.3 Å². The van der Waals surface area contributed by atoms with Crippen molar-refractivity contribution in [1.29, 1.82) is 0 Å². The van der Waals surface area contributed by atoms with E-state index in [1.165, 1.54) is 43.8 Å². The van der Waals surface area contributed by atoms with Gasteiger partial charge in [-0.25, -0.2) is 4.99 Å².